The summed E-state index contributed by atoms with van der Waals surface area (Å²) in [6, 6.07) is 0. The zero-order valence-electron chi connectivity index (χ0n) is 13.0. The fourth-order valence-corrected chi connectivity index (χ4v) is 6.19. The molecule has 0 aromatic carbocycles. The van der Waals surface area contributed by atoms with E-state index in [1.807, 2.05) is 0 Å². The van der Waals surface area contributed by atoms with Crippen molar-refractivity contribution >= 4 is 0 Å². The second-order valence-corrected chi connectivity index (χ2v) is 8.09. The lowest BCUT2D eigenvalue weighted by atomic mass is 9.51. The van der Waals surface area contributed by atoms with Crippen molar-refractivity contribution in [3.63, 3.8) is 0 Å². The number of nitrogens with two attached hydrogens (primary N) is 1. The summed E-state index contributed by atoms with van der Waals surface area (Å²) < 4.78 is 0. The molecule has 0 aliphatic heterocycles. The average Bonchev–Trinajstić information content (AvgIpc) is 2.91. The van der Waals surface area contributed by atoms with Gasteiger partial charge in [-0.2, -0.15) is 0 Å². The molecule has 0 heterocycles. The molecule has 0 amide bonds. The summed E-state index contributed by atoms with van der Waals surface area (Å²) in [5, 5.41) is 0. The molecule has 0 spiro atoms. The van der Waals surface area contributed by atoms with Crippen molar-refractivity contribution < 1.29 is 0 Å². The summed E-state index contributed by atoms with van der Waals surface area (Å²) in [5.41, 5.74) is 10.7. The zero-order valence-corrected chi connectivity index (χ0v) is 13.0. The number of hydrogen-bond acceptors (Lipinski definition) is 1. The molecule has 3 fully saturated rings. The van der Waals surface area contributed by atoms with Gasteiger partial charge in [0.15, 0.2) is 0 Å². The van der Waals surface area contributed by atoms with Crippen molar-refractivity contribution in [2.45, 2.75) is 64.7 Å². The lowest BCUT2D eigenvalue weighted by Crippen LogP contribution is -2.46. The topological polar surface area (TPSA) is 26.0 Å². The SMILES string of the molecule is C[C@]12CCCCC1=CC=C1[C@@H]3CCC[C@@]3(CN)CC[C@@H]12. The first-order valence-electron chi connectivity index (χ1n) is 8.81. The van der Waals surface area contributed by atoms with Gasteiger partial charge in [0.1, 0.15) is 0 Å². The molecule has 0 radical (unpaired) electrons. The molecule has 4 atom stereocenters. The van der Waals surface area contributed by atoms with E-state index in [1.54, 1.807) is 11.1 Å². The second kappa shape index (κ2) is 4.47. The Morgan fingerprint density at radius 2 is 1.95 bits per heavy atom. The molecule has 0 unspecified atom stereocenters. The minimum Gasteiger partial charge on any atom is -0.330 e. The third-order valence-electron chi connectivity index (χ3n) is 7.42. The van der Waals surface area contributed by atoms with Crippen LogP contribution in [0.15, 0.2) is 23.3 Å². The van der Waals surface area contributed by atoms with E-state index in [1.165, 1.54) is 57.8 Å². The van der Waals surface area contributed by atoms with Gasteiger partial charge in [0.2, 0.25) is 0 Å². The summed E-state index contributed by atoms with van der Waals surface area (Å²) in [6.07, 6.45) is 17.6. The first-order chi connectivity index (χ1) is 9.70. The molecule has 0 aromatic heterocycles. The van der Waals surface area contributed by atoms with Gasteiger partial charge in [-0.05, 0) is 74.2 Å². The molecule has 2 N–H and O–H groups in total. The summed E-state index contributed by atoms with van der Waals surface area (Å²) in [6.45, 7) is 3.48. The Labute approximate surface area is 123 Å². The minimum atomic E-state index is 0.471. The Kier molecular flexibility index (Phi) is 2.93. The first kappa shape index (κ1) is 13.1. The third-order valence-corrected chi connectivity index (χ3v) is 7.42. The Morgan fingerprint density at radius 3 is 2.80 bits per heavy atom. The maximum atomic E-state index is 6.22. The highest BCUT2D eigenvalue weighted by Crippen LogP contribution is 2.63. The van der Waals surface area contributed by atoms with Crippen LogP contribution in [0.25, 0.3) is 0 Å². The molecule has 4 aliphatic carbocycles. The largest absolute Gasteiger partial charge is 0.330 e. The van der Waals surface area contributed by atoms with Gasteiger partial charge in [-0.15, -0.1) is 0 Å². The quantitative estimate of drug-likeness (QED) is 0.741. The highest BCUT2D eigenvalue weighted by molar-refractivity contribution is 5.38. The highest BCUT2D eigenvalue weighted by Gasteiger charge is 2.53. The van der Waals surface area contributed by atoms with Gasteiger partial charge >= 0.3 is 0 Å². The van der Waals surface area contributed by atoms with Crippen molar-refractivity contribution in [1.82, 2.24) is 0 Å². The van der Waals surface area contributed by atoms with Crippen molar-refractivity contribution in [2.24, 2.45) is 28.4 Å². The summed E-state index contributed by atoms with van der Waals surface area (Å²) in [4.78, 5) is 0. The van der Waals surface area contributed by atoms with E-state index in [0.717, 1.165) is 18.4 Å². The molecule has 4 aliphatic rings. The van der Waals surface area contributed by atoms with Gasteiger partial charge < -0.3 is 5.73 Å². The van der Waals surface area contributed by atoms with Crippen LogP contribution in [0.2, 0.25) is 0 Å². The van der Waals surface area contributed by atoms with E-state index < -0.39 is 0 Å². The molecular weight excluding hydrogens is 242 g/mol. The van der Waals surface area contributed by atoms with Crippen LogP contribution in [0, 0.1) is 22.7 Å². The number of fused-ring (bicyclic) bond motifs is 5. The molecule has 1 heteroatoms. The van der Waals surface area contributed by atoms with Crippen LogP contribution in [-0.2, 0) is 0 Å². The molecule has 0 saturated heterocycles. The Morgan fingerprint density at radius 1 is 1.05 bits per heavy atom. The predicted octanol–water partition coefficient (Wildman–Crippen LogP) is 4.59. The van der Waals surface area contributed by atoms with Crippen LogP contribution >= 0.6 is 0 Å². The molecule has 0 bridgehead atoms. The van der Waals surface area contributed by atoms with Crippen molar-refractivity contribution in [2.75, 3.05) is 6.54 Å². The normalized spacial score (nSPS) is 46.9. The van der Waals surface area contributed by atoms with Gasteiger partial charge in [-0.3, -0.25) is 0 Å². The fraction of sp³-hybridized carbons (Fsp3) is 0.789. The Hall–Kier alpha value is -0.560. The monoisotopic (exact) mass is 271 g/mol. The maximum Gasteiger partial charge on any atom is -0.00148 e. The van der Waals surface area contributed by atoms with Crippen molar-refractivity contribution in [3.05, 3.63) is 23.3 Å². The van der Waals surface area contributed by atoms with Gasteiger partial charge in [0.25, 0.3) is 0 Å². The molecule has 110 valence electrons. The number of hydrogen-bond donors (Lipinski definition) is 1. The van der Waals surface area contributed by atoms with E-state index in [9.17, 15) is 0 Å². The Balaban J connectivity index is 1.75. The van der Waals surface area contributed by atoms with Crippen LogP contribution < -0.4 is 5.73 Å². The molecule has 4 rings (SSSR count). The maximum absolute atomic E-state index is 6.22. The van der Waals surface area contributed by atoms with Gasteiger partial charge in [0, 0.05) is 0 Å². The van der Waals surface area contributed by atoms with Crippen LogP contribution in [0.5, 0.6) is 0 Å². The van der Waals surface area contributed by atoms with Crippen LogP contribution in [0.3, 0.4) is 0 Å². The van der Waals surface area contributed by atoms with E-state index in [-0.39, 0.29) is 0 Å². The Bertz CT molecular complexity index is 474. The third kappa shape index (κ3) is 1.59. The van der Waals surface area contributed by atoms with Crippen molar-refractivity contribution in [1.29, 1.82) is 0 Å². The summed E-state index contributed by atoms with van der Waals surface area (Å²) in [5.74, 6) is 1.65. The van der Waals surface area contributed by atoms with Crippen LogP contribution in [0.1, 0.15) is 64.7 Å². The molecular formula is C19H29N. The fourth-order valence-electron chi connectivity index (χ4n) is 6.19. The second-order valence-electron chi connectivity index (χ2n) is 8.09. The predicted molar refractivity (Wildman–Crippen MR) is 84.3 cm³/mol. The van der Waals surface area contributed by atoms with E-state index >= 15 is 0 Å². The molecule has 3 saturated carbocycles. The molecule has 20 heavy (non-hydrogen) atoms. The minimum absolute atomic E-state index is 0.471. The first-order valence-corrected chi connectivity index (χ1v) is 8.81. The van der Waals surface area contributed by atoms with Crippen LogP contribution in [-0.4, -0.2) is 6.54 Å². The van der Waals surface area contributed by atoms with Gasteiger partial charge in [0.05, 0.1) is 0 Å². The molecule has 1 nitrogen and oxygen atoms in total. The average molecular weight is 271 g/mol. The summed E-state index contributed by atoms with van der Waals surface area (Å²) in [7, 11) is 0. The lowest BCUT2D eigenvalue weighted by molar-refractivity contribution is 0.0918. The zero-order chi connectivity index (χ0) is 13.8. The number of rotatable bonds is 1. The van der Waals surface area contributed by atoms with Crippen molar-refractivity contribution in [3.8, 4) is 0 Å². The van der Waals surface area contributed by atoms with Crippen LogP contribution in [0.4, 0.5) is 0 Å². The van der Waals surface area contributed by atoms with E-state index in [2.05, 4.69) is 19.1 Å². The standard InChI is InChI=1S/C19H29N/c1-18-10-3-2-5-14(18)7-8-15-16(18)9-12-19(13-20)11-4-6-17(15)19/h7-8,16-17H,2-6,9-13,20H2,1H3/t16-,17-,18-,19-/m0/s1. The summed E-state index contributed by atoms with van der Waals surface area (Å²) >= 11 is 0. The van der Waals surface area contributed by atoms with E-state index in [4.69, 9.17) is 5.73 Å². The smallest absolute Gasteiger partial charge is 0.00148 e. The molecule has 0 aromatic rings. The number of allylic oxidation sites excluding steroid dienone is 4. The van der Waals surface area contributed by atoms with Gasteiger partial charge in [-0.25, -0.2) is 0 Å². The lowest BCUT2D eigenvalue weighted by Gasteiger charge is -2.54. The highest BCUT2D eigenvalue weighted by atomic mass is 14.7. The van der Waals surface area contributed by atoms with E-state index in [0.29, 0.717) is 10.8 Å². The van der Waals surface area contributed by atoms with Gasteiger partial charge in [-0.1, -0.05) is 43.1 Å².